The first-order valence-electron chi connectivity index (χ1n) is 11.4. The molecule has 3 N–H and O–H groups in total. The molecule has 0 bridgehead atoms. The number of carbonyl (C=O) groups excluding carboxylic acids is 1. The van der Waals surface area contributed by atoms with Gasteiger partial charge >= 0.3 is 17.4 Å². The Kier molecular flexibility index (Phi) is 5.79. The molecular formula is C23H29N5O4S+2. The van der Waals surface area contributed by atoms with Crippen LogP contribution in [-0.2, 0) is 22.5 Å². The Morgan fingerprint density at radius 2 is 2.15 bits per heavy atom. The number of thiophene rings is 1. The summed E-state index contributed by atoms with van der Waals surface area (Å²) >= 11 is 1.79. The van der Waals surface area contributed by atoms with Gasteiger partial charge in [0.05, 0.1) is 24.0 Å². The first-order chi connectivity index (χ1) is 15.9. The number of H-pyrrole nitrogens is 1. The first kappa shape index (κ1) is 21.8. The third kappa shape index (κ3) is 4.58. The van der Waals surface area contributed by atoms with Gasteiger partial charge in [0.15, 0.2) is 0 Å². The molecule has 0 unspecified atom stereocenters. The quantitative estimate of drug-likeness (QED) is 0.278. The molecule has 0 radical (unpaired) electrons. The summed E-state index contributed by atoms with van der Waals surface area (Å²) in [5, 5.41) is 16.1. The minimum atomic E-state index is -0.346. The highest BCUT2D eigenvalue weighted by atomic mass is 32.1. The fourth-order valence-electron chi connectivity index (χ4n) is 4.31. The maximum absolute atomic E-state index is 12.7. The summed E-state index contributed by atoms with van der Waals surface area (Å²) < 4.78 is 6.62. The highest BCUT2D eigenvalue weighted by molar-refractivity contribution is 7.15. The number of carbonyl (C=O) groups is 1. The van der Waals surface area contributed by atoms with Gasteiger partial charge < -0.3 is 9.94 Å². The van der Waals surface area contributed by atoms with E-state index in [9.17, 15) is 14.9 Å². The zero-order valence-electron chi connectivity index (χ0n) is 18.8. The van der Waals surface area contributed by atoms with E-state index in [0.29, 0.717) is 15.6 Å². The molecule has 9 nitrogen and oxygen atoms in total. The van der Waals surface area contributed by atoms with Gasteiger partial charge in [-0.2, -0.15) is 0 Å². The van der Waals surface area contributed by atoms with E-state index in [4.69, 9.17) is 4.74 Å². The van der Waals surface area contributed by atoms with Crippen LogP contribution in [0.3, 0.4) is 0 Å². The lowest BCUT2D eigenvalue weighted by atomic mass is 10.1. The highest BCUT2D eigenvalue weighted by Crippen LogP contribution is 2.38. The SMILES string of the molecule is CC(C)OC(=O)CCNc1[nH][n+](=O)c2cc(-c3cc4c(s3)CCN(C3CC3)C4)ccc2[n+]1O. The van der Waals surface area contributed by atoms with E-state index in [1.54, 1.807) is 37.3 Å². The molecule has 3 heterocycles. The number of esters is 1. The Hall–Kier alpha value is -2.98. The van der Waals surface area contributed by atoms with E-state index in [-0.39, 0.29) is 31.0 Å². The number of anilines is 1. The second-order valence-electron chi connectivity index (χ2n) is 9.00. The van der Waals surface area contributed by atoms with Gasteiger partial charge in [0.2, 0.25) is 10.1 Å². The summed E-state index contributed by atoms with van der Waals surface area (Å²) in [7, 11) is 0. The number of hydrogen-bond donors (Lipinski definition) is 3. The molecule has 1 saturated carbocycles. The van der Waals surface area contributed by atoms with Crippen molar-refractivity contribution < 1.29 is 24.0 Å². The van der Waals surface area contributed by atoms with Gasteiger partial charge in [0.25, 0.3) is 0 Å². The Balaban J connectivity index is 1.36. The molecule has 0 saturated heterocycles. The highest BCUT2D eigenvalue weighted by Gasteiger charge is 2.32. The van der Waals surface area contributed by atoms with Crippen LogP contribution in [-0.4, -0.2) is 46.4 Å². The van der Waals surface area contributed by atoms with Gasteiger partial charge in [-0.25, -0.2) is 0 Å². The van der Waals surface area contributed by atoms with Crippen molar-refractivity contribution in [3.05, 3.63) is 39.6 Å². The molecular weight excluding hydrogens is 442 g/mol. The van der Waals surface area contributed by atoms with E-state index in [1.807, 2.05) is 6.07 Å². The molecule has 2 aliphatic rings. The maximum atomic E-state index is 12.7. The van der Waals surface area contributed by atoms with Gasteiger partial charge in [-0.1, -0.05) is 0 Å². The van der Waals surface area contributed by atoms with Crippen LogP contribution in [0.15, 0.2) is 24.3 Å². The monoisotopic (exact) mass is 471 g/mol. The smallest absolute Gasteiger partial charge is 0.449 e. The molecule has 174 valence electrons. The number of benzene rings is 1. The molecule has 1 aromatic carbocycles. The van der Waals surface area contributed by atoms with Crippen LogP contribution in [0.1, 0.15) is 43.6 Å². The molecule has 10 heteroatoms. The zero-order valence-corrected chi connectivity index (χ0v) is 19.7. The molecule has 5 rings (SSSR count). The summed E-state index contributed by atoms with van der Waals surface area (Å²) in [6, 6.07) is 8.47. The van der Waals surface area contributed by atoms with Gasteiger partial charge in [-0.3, -0.25) is 15.0 Å². The molecule has 1 aliphatic carbocycles. The number of aromatic amines is 1. The van der Waals surface area contributed by atoms with Crippen molar-refractivity contribution >= 4 is 34.3 Å². The Labute approximate surface area is 195 Å². The topological polar surface area (TPSA) is 104 Å². The van der Waals surface area contributed by atoms with E-state index in [1.165, 1.54) is 23.3 Å². The number of hydrogen-bond acceptors (Lipinski definition) is 7. The third-order valence-corrected chi connectivity index (χ3v) is 7.36. The summed E-state index contributed by atoms with van der Waals surface area (Å²) in [6.45, 7) is 5.92. The van der Waals surface area contributed by atoms with Crippen LogP contribution >= 0.6 is 11.3 Å². The minimum Gasteiger partial charge on any atom is -0.463 e. The average molecular weight is 472 g/mol. The summed E-state index contributed by atoms with van der Waals surface area (Å²) in [6.07, 6.45) is 3.64. The molecule has 2 aromatic heterocycles. The van der Waals surface area contributed by atoms with Gasteiger partial charge in [0, 0.05) is 40.1 Å². The van der Waals surface area contributed by atoms with Crippen LogP contribution in [0.5, 0.6) is 0 Å². The number of nitrogens with zero attached hydrogens (tertiary/aromatic N) is 3. The summed E-state index contributed by atoms with van der Waals surface area (Å²) in [4.78, 5) is 29.5. The fourth-order valence-corrected chi connectivity index (χ4v) is 5.47. The molecule has 1 aliphatic heterocycles. The maximum Gasteiger partial charge on any atom is 0.449 e. The predicted octanol–water partition coefficient (Wildman–Crippen LogP) is 2.61. The van der Waals surface area contributed by atoms with Crippen LogP contribution < -0.4 is 14.6 Å². The molecule has 0 atom stereocenters. The van der Waals surface area contributed by atoms with Crippen LogP contribution in [0.25, 0.3) is 21.5 Å². The van der Waals surface area contributed by atoms with Gasteiger partial charge in [-0.05, 0) is 67.2 Å². The zero-order chi connectivity index (χ0) is 23.1. The van der Waals surface area contributed by atoms with E-state index >= 15 is 0 Å². The van der Waals surface area contributed by atoms with E-state index < -0.39 is 0 Å². The number of fused-ring (bicyclic) bond motifs is 2. The molecule has 33 heavy (non-hydrogen) atoms. The van der Waals surface area contributed by atoms with Gasteiger partial charge in [0.1, 0.15) is 0 Å². The van der Waals surface area contributed by atoms with Crippen molar-refractivity contribution in [3.8, 4) is 10.4 Å². The van der Waals surface area contributed by atoms with E-state index in [2.05, 4.69) is 21.4 Å². The molecule has 0 spiro atoms. The van der Waals surface area contributed by atoms with Crippen LogP contribution in [0, 0.1) is 4.91 Å². The van der Waals surface area contributed by atoms with Crippen LogP contribution in [0.2, 0.25) is 0 Å². The number of rotatable bonds is 7. The fraction of sp³-hybridized carbons (Fsp3) is 0.478. The third-order valence-electron chi connectivity index (χ3n) is 6.07. The van der Waals surface area contributed by atoms with Crippen molar-refractivity contribution in [1.82, 2.24) is 10.00 Å². The largest absolute Gasteiger partial charge is 0.463 e. The van der Waals surface area contributed by atoms with Crippen molar-refractivity contribution in [3.63, 3.8) is 0 Å². The second-order valence-corrected chi connectivity index (χ2v) is 10.1. The van der Waals surface area contributed by atoms with E-state index in [0.717, 1.165) is 40.7 Å². The Morgan fingerprint density at radius 3 is 2.91 bits per heavy atom. The average Bonchev–Trinajstić information content (AvgIpc) is 3.54. The van der Waals surface area contributed by atoms with Crippen molar-refractivity contribution in [2.24, 2.45) is 0 Å². The van der Waals surface area contributed by atoms with Gasteiger partial charge in [-0.15, -0.1) is 11.3 Å². The molecule has 0 amide bonds. The summed E-state index contributed by atoms with van der Waals surface area (Å²) in [5.41, 5.74) is 3.03. The lowest BCUT2D eigenvalue weighted by Gasteiger charge is -2.26. The number of aromatic nitrogens is 3. The lowest BCUT2D eigenvalue weighted by Crippen LogP contribution is -2.42. The van der Waals surface area contributed by atoms with Crippen molar-refractivity contribution in [2.75, 3.05) is 18.4 Å². The number of nitrogens with one attached hydrogen (secondary N) is 2. The van der Waals surface area contributed by atoms with Crippen molar-refractivity contribution in [1.29, 1.82) is 0 Å². The first-order valence-corrected chi connectivity index (χ1v) is 12.2. The van der Waals surface area contributed by atoms with Crippen LogP contribution in [0.4, 0.5) is 5.95 Å². The lowest BCUT2D eigenvalue weighted by molar-refractivity contribution is -0.881. The van der Waals surface area contributed by atoms with Crippen molar-refractivity contribution in [2.45, 2.75) is 58.2 Å². The normalized spacial score (nSPS) is 16.2. The second kappa shape index (κ2) is 8.75. The Bertz CT molecular complexity index is 1260. The molecule has 1 fully saturated rings. The predicted molar refractivity (Wildman–Crippen MR) is 124 cm³/mol. The summed E-state index contributed by atoms with van der Waals surface area (Å²) in [5.74, 6) is -0.254. The Morgan fingerprint density at radius 1 is 1.33 bits per heavy atom. The minimum absolute atomic E-state index is 0.0920. The number of ether oxygens (including phenoxy) is 1. The molecule has 3 aromatic rings. The standard InChI is InChI=1S/C23H28N5O4S/c1-14(2)32-22(29)7-9-24-23-25-28(31)19-11-15(3-6-18(19)27(23)30)21-12-16-13-26(17-4-5-17)10-8-20(16)33-21/h3,6,11-12,14,17,30H,4-5,7-10,13H2,1-2H3,(H,24,25,31)/q+1/p+1.